The maximum atomic E-state index is 12.6. The van der Waals surface area contributed by atoms with Crippen LogP contribution in [0.25, 0.3) is 0 Å². The number of rotatable bonds is 3. The van der Waals surface area contributed by atoms with Crippen LogP contribution in [0.5, 0.6) is 0 Å². The lowest BCUT2D eigenvalue weighted by Gasteiger charge is -2.39. The van der Waals surface area contributed by atoms with Gasteiger partial charge in [0.2, 0.25) is 0 Å². The lowest BCUT2D eigenvalue weighted by molar-refractivity contribution is 0.0827. The lowest BCUT2D eigenvalue weighted by atomic mass is 9.93. The fraction of sp³-hybridized carbons (Fsp3) is 0.579. The van der Waals surface area contributed by atoms with Gasteiger partial charge in [-0.05, 0) is 56.6 Å². The maximum Gasteiger partial charge on any atom is 0.321 e. The molecule has 0 saturated carbocycles. The molecular weight excluding hydrogens is 316 g/mol. The monoisotopic (exact) mass is 346 g/mol. The predicted molar refractivity (Wildman–Crippen MR) is 101 cm³/mol. The molecule has 0 aliphatic carbocycles. The molecule has 25 heavy (non-hydrogen) atoms. The summed E-state index contributed by atoms with van der Waals surface area (Å²) < 4.78 is 0. The van der Waals surface area contributed by atoms with Crippen molar-refractivity contribution in [1.82, 2.24) is 14.7 Å². The number of nitrogens with zero attached hydrogens (tertiary/aromatic N) is 3. The van der Waals surface area contributed by atoms with Crippen molar-refractivity contribution < 1.29 is 9.59 Å². The zero-order valence-electron chi connectivity index (χ0n) is 16.2. The Hall–Kier alpha value is -2.08. The second-order valence-electron chi connectivity index (χ2n) is 7.37. The van der Waals surface area contributed by atoms with Gasteiger partial charge in [0.1, 0.15) is 0 Å². The average molecular weight is 346 g/mol. The van der Waals surface area contributed by atoms with Crippen molar-refractivity contribution in [3.63, 3.8) is 0 Å². The molecule has 2 rings (SSSR count). The number of nitrogens with one attached hydrogen (secondary N) is 1. The van der Waals surface area contributed by atoms with E-state index < -0.39 is 0 Å². The SMILES string of the molecule is Cc1cc(NC(=O)N(C)[C@H]2CCN(C)C[C@H]2C)ccc1C(=O)N(C)C. The number of aryl methyl sites for hydroxylation is 1. The first kappa shape index (κ1) is 19.2. The van der Waals surface area contributed by atoms with Crippen molar-refractivity contribution in [3.8, 4) is 0 Å². The molecule has 0 unspecified atom stereocenters. The zero-order valence-corrected chi connectivity index (χ0v) is 16.2. The Kier molecular flexibility index (Phi) is 6.06. The maximum absolute atomic E-state index is 12.6. The summed E-state index contributed by atoms with van der Waals surface area (Å²) >= 11 is 0. The van der Waals surface area contributed by atoms with Crippen LogP contribution in [0.15, 0.2) is 18.2 Å². The molecule has 1 saturated heterocycles. The van der Waals surface area contributed by atoms with Crippen LogP contribution in [0.1, 0.15) is 29.3 Å². The largest absolute Gasteiger partial charge is 0.345 e. The first-order valence-corrected chi connectivity index (χ1v) is 8.75. The highest BCUT2D eigenvalue weighted by molar-refractivity contribution is 5.96. The molecule has 3 amide bonds. The summed E-state index contributed by atoms with van der Waals surface area (Å²) in [6, 6.07) is 5.54. The second kappa shape index (κ2) is 7.87. The smallest absolute Gasteiger partial charge is 0.321 e. The molecule has 0 aromatic heterocycles. The summed E-state index contributed by atoms with van der Waals surface area (Å²) in [5, 5.41) is 2.96. The first-order valence-electron chi connectivity index (χ1n) is 8.75. The molecule has 138 valence electrons. The number of benzene rings is 1. The predicted octanol–water partition coefficient (Wildman–Crippen LogP) is 2.50. The van der Waals surface area contributed by atoms with E-state index >= 15 is 0 Å². The highest BCUT2D eigenvalue weighted by Gasteiger charge is 2.30. The summed E-state index contributed by atoms with van der Waals surface area (Å²) in [6.45, 7) is 6.08. The Bertz CT molecular complexity index is 644. The third-order valence-electron chi connectivity index (χ3n) is 5.00. The van der Waals surface area contributed by atoms with E-state index in [4.69, 9.17) is 0 Å². The molecule has 1 aromatic carbocycles. The van der Waals surface area contributed by atoms with E-state index in [0.29, 0.717) is 17.2 Å². The van der Waals surface area contributed by atoms with E-state index in [-0.39, 0.29) is 18.0 Å². The van der Waals surface area contributed by atoms with E-state index in [1.54, 1.807) is 31.1 Å². The minimum absolute atomic E-state index is 0.0346. The minimum atomic E-state index is -0.104. The van der Waals surface area contributed by atoms with E-state index in [2.05, 4.69) is 24.2 Å². The van der Waals surface area contributed by atoms with Crippen LogP contribution in [-0.4, -0.2) is 74.0 Å². The molecule has 6 nitrogen and oxygen atoms in total. The summed E-state index contributed by atoms with van der Waals surface area (Å²) in [6.07, 6.45) is 0.983. The van der Waals surface area contributed by atoms with Gasteiger partial charge in [0.05, 0.1) is 0 Å². The van der Waals surface area contributed by atoms with Gasteiger partial charge in [-0.3, -0.25) is 4.79 Å². The van der Waals surface area contributed by atoms with E-state index in [1.165, 1.54) is 0 Å². The summed E-state index contributed by atoms with van der Waals surface area (Å²) in [5.74, 6) is 0.406. The van der Waals surface area contributed by atoms with Gasteiger partial charge in [0.25, 0.3) is 5.91 Å². The van der Waals surface area contributed by atoms with Crippen LogP contribution in [-0.2, 0) is 0 Å². The van der Waals surface area contributed by atoms with Gasteiger partial charge in [-0.25, -0.2) is 4.79 Å². The number of carbonyl (C=O) groups excluding carboxylic acids is 2. The van der Waals surface area contributed by atoms with Crippen LogP contribution in [0, 0.1) is 12.8 Å². The molecule has 0 bridgehead atoms. The summed E-state index contributed by atoms with van der Waals surface area (Å²) in [4.78, 5) is 30.4. The van der Waals surface area contributed by atoms with Gasteiger partial charge >= 0.3 is 6.03 Å². The molecule has 1 aliphatic heterocycles. The molecule has 1 heterocycles. The molecule has 0 spiro atoms. The topological polar surface area (TPSA) is 55.9 Å². The summed E-state index contributed by atoms with van der Waals surface area (Å²) in [7, 11) is 7.44. The summed E-state index contributed by atoms with van der Waals surface area (Å²) in [5.41, 5.74) is 2.22. The number of hydrogen-bond donors (Lipinski definition) is 1. The molecule has 1 fully saturated rings. The Morgan fingerprint density at radius 2 is 1.92 bits per heavy atom. The van der Waals surface area contributed by atoms with Gasteiger partial charge in [0.15, 0.2) is 0 Å². The fourth-order valence-corrected chi connectivity index (χ4v) is 3.50. The van der Waals surface area contributed by atoms with Gasteiger partial charge in [-0.1, -0.05) is 6.92 Å². The van der Waals surface area contributed by atoms with E-state index in [1.807, 2.05) is 24.9 Å². The van der Waals surface area contributed by atoms with E-state index in [9.17, 15) is 9.59 Å². The molecule has 1 N–H and O–H groups in total. The van der Waals surface area contributed by atoms with Gasteiger partial charge < -0.3 is 20.0 Å². The van der Waals surface area contributed by atoms with Gasteiger partial charge in [-0.2, -0.15) is 0 Å². The second-order valence-corrected chi connectivity index (χ2v) is 7.37. The van der Waals surface area contributed by atoms with Crippen LogP contribution >= 0.6 is 0 Å². The van der Waals surface area contributed by atoms with Crippen molar-refractivity contribution in [2.24, 2.45) is 5.92 Å². The molecule has 0 radical (unpaired) electrons. The number of carbonyl (C=O) groups is 2. The third kappa shape index (κ3) is 4.51. The lowest BCUT2D eigenvalue weighted by Crippen LogP contribution is -2.50. The molecule has 2 atom stereocenters. The Balaban J connectivity index is 2.05. The minimum Gasteiger partial charge on any atom is -0.345 e. The Morgan fingerprint density at radius 1 is 1.24 bits per heavy atom. The normalized spacial score (nSPS) is 20.9. The van der Waals surface area contributed by atoms with Crippen molar-refractivity contribution in [2.75, 3.05) is 46.6 Å². The van der Waals surface area contributed by atoms with Crippen LogP contribution in [0.4, 0.5) is 10.5 Å². The number of hydrogen-bond acceptors (Lipinski definition) is 3. The Labute approximate surface area is 150 Å². The fourth-order valence-electron chi connectivity index (χ4n) is 3.50. The van der Waals surface area contributed by atoms with Crippen molar-refractivity contribution in [1.29, 1.82) is 0 Å². The molecule has 1 aliphatic rings. The molecule has 1 aromatic rings. The van der Waals surface area contributed by atoms with Crippen molar-refractivity contribution in [3.05, 3.63) is 29.3 Å². The average Bonchev–Trinajstić information content (AvgIpc) is 2.53. The standard InChI is InChI=1S/C19H30N4O2/c1-13-11-15(7-8-16(13)18(24)21(3)4)20-19(25)23(6)17-9-10-22(5)12-14(17)2/h7-8,11,14,17H,9-10,12H2,1-6H3,(H,20,25)/t14-,17+/m1/s1. The number of urea groups is 1. The van der Waals surface area contributed by atoms with Crippen LogP contribution in [0.2, 0.25) is 0 Å². The molecular formula is C19H30N4O2. The quantitative estimate of drug-likeness (QED) is 0.915. The Morgan fingerprint density at radius 3 is 2.48 bits per heavy atom. The van der Waals surface area contributed by atoms with Crippen molar-refractivity contribution >= 4 is 17.6 Å². The number of piperidine rings is 1. The molecule has 6 heteroatoms. The van der Waals surface area contributed by atoms with Gasteiger partial charge in [-0.15, -0.1) is 0 Å². The number of amides is 3. The van der Waals surface area contributed by atoms with Crippen molar-refractivity contribution in [2.45, 2.75) is 26.3 Å². The zero-order chi connectivity index (χ0) is 18.7. The third-order valence-corrected chi connectivity index (χ3v) is 5.00. The van der Waals surface area contributed by atoms with Gasteiger partial charge in [0, 0.05) is 45.0 Å². The highest BCUT2D eigenvalue weighted by atomic mass is 16.2. The van der Waals surface area contributed by atoms with Crippen LogP contribution < -0.4 is 5.32 Å². The number of likely N-dealkylation sites (tertiary alicyclic amines) is 1. The van der Waals surface area contributed by atoms with E-state index in [0.717, 1.165) is 25.1 Å². The first-order chi connectivity index (χ1) is 11.7. The van der Waals surface area contributed by atoms with Crippen LogP contribution in [0.3, 0.4) is 0 Å². The highest BCUT2D eigenvalue weighted by Crippen LogP contribution is 2.22. The number of anilines is 1.